The van der Waals surface area contributed by atoms with Gasteiger partial charge in [-0.2, -0.15) is 0 Å². The predicted molar refractivity (Wildman–Crippen MR) is 96.0 cm³/mol. The molecule has 0 unspecified atom stereocenters. The van der Waals surface area contributed by atoms with Crippen molar-refractivity contribution in [1.29, 1.82) is 0 Å². The van der Waals surface area contributed by atoms with Crippen LogP contribution in [0.5, 0.6) is 0 Å². The number of aliphatic carboxylic acids is 1. The van der Waals surface area contributed by atoms with E-state index in [4.69, 9.17) is 10.8 Å². The summed E-state index contributed by atoms with van der Waals surface area (Å²) in [7, 11) is 0. The molecule has 0 spiro atoms. The number of nitrogens with two attached hydrogens (primary N) is 1. The minimum absolute atomic E-state index is 0.00614. The van der Waals surface area contributed by atoms with Crippen LogP contribution in [0.25, 0.3) is 0 Å². The average molecular weight is 346 g/mol. The SMILES string of the molecule is CC(C)CN(CC(=O)O)c1c(N)n(Cc2ccccc2)c(=O)[nH]c1=O. The number of anilines is 2. The Morgan fingerprint density at radius 2 is 1.92 bits per heavy atom. The Kier molecular flexibility index (Phi) is 5.63. The second-order valence-corrected chi connectivity index (χ2v) is 6.23. The number of nitrogens with one attached hydrogen (secondary N) is 1. The molecule has 0 radical (unpaired) electrons. The summed E-state index contributed by atoms with van der Waals surface area (Å²) in [6.45, 7) is 3.93. The number of nitrogen functional groups attached to an aromatic ring is 1. The van der Waals surface area contributed by atoms with E-state index in [1.54, 1.807) is 0 Å². The average Bonchev–Trinajstić information content (AvgIpc) is 2.51. The summed E-state index contributed by atoms with van der Waals surface area (Å²) < 4.78 is 1.24. The van der Waals surface area contributed by atoms with Gasteiger partial charge in [-0.05, 0) is 11.5 Å². The maximum absolute atomic E-state index is 12.3. The van der Waals surface area contributed by atoms with Crippen molar-refractivity contribution in [2.24, 2.45) is 5.92 Å². The smallest absolute Gasteiger partial charge is 0.330 e. The minimum Gasteiger partial charge on any atom is -0.480 e. The fraction of sp³-hybridized carbons (Fsp3) is 0.353. The van der Waals surface area contributed by atoms with Crippen LogP contribution in [0.15, 0.2) is 39.9 Å². The highest BCUT2D eigenvalue weighted by Gasteiger charge is 2.21. The van der Waals surface area contributed by atoms with Crippen LogP contribution in [0.3, 0.4) is 0 Å². The molecule has 25 heavy (non-hydrogen) atoms. The van der Waals surface area contributed by atoms with E-state index in [1.807, 2.05) is 44.2 Å². The number of carboxylic acids is 1. The van der Waals surface area contributed by atoms with E-state index in [2.05, 4.69) is 4.98 Å². The molecule has 0 fully saturated rings. The highest BCUT2D eigenvalue weighted by atomic mass is 16.4. The van der Waals surface area contributed by atoms with Gasteiger partial charge in [0.15, 0.2) is 0 Å². The zero-order chi connectivity index (χ0) is 18.6. The molecule has 2 rings (SSSR count). The van der Waals surface area contributed by atoms with Crippen LogP contribution in [0.4, 0.5) is 11.5 Å². The molecule has 8 heteroatoms. The van der Waals surface area contributed by atoms with Gasteiger partial charge in [0, 0.05) is 6.54 Å². The van der Waals surface area contributed by atoms with Gasteiger partial charge in [-0.1, -0.05) is 44.2 Å². The molecule has 0 bridgehead atoms. The summed E-state index contributed by atoms with van der Waals surface area (Å²) in [5.41, 5.74) is 5.62. The second kappa shape index (κ2) is 7.69. The van der Waals surface area contributed by atoms with Gasteiger partial charge in [0.25, 0.3) is 5.56 Å². The maximum atomic E-state index is 12.3. The Morgan fingerprint density at radius 3 is 2.48 bits per heavy atom. The number of benzene rings is 1. The number of rotatable bonds is 7. The number of hydrogen-bond donors (Lipinski definition) is 3. The molecule has 4 N–H and O–H groups in total. The van der Waals surface area contributed by atoms with E-state index < -0.39 is 17.2 Å². The first kappa shape index (κ1) is 18.3. The Labute approximate surface area is 144 Å². The molecule has 0 saturated carbocycles. The number of carbonyl (C=O) groups is 1. The van der Waals surface area contributed by atoms with Crippen LogP contribution in [-0.4, -0.2) is 33.7 Å². The fourth-order valence-corrected chi connectivity index (χ4v) is 2.64. The van der Waals surface area contributed by atoms with Gasteiger partial charge in [0.05, 0.1) is 6.54 Å². The minimum atomic E-state index is -1.08. The number of carboxylic acid groups (broad SMARTS) is 1. The largest absolute Gasteiger partial charge is 0.480 e. The molecule has 8 nitrogen and oxygen atoms in total. The molecule has 0 amide bonds. The summed E-state index contributed by atoms with van der Waals surface area (Å²) in [6, 6.07) is 9.18. The van der Waals surface area contributed by atoms with E-state index in [9.17, 15) is 14.4 Å². The van der Waals surface area contributed by atoms with Crippen molar-refractivity contribution in [2.45, 2.75) is 20.4 Å². The van der Waals surface area contributed by atoms with Gasteiger partial charge in [-0.15, -0.1) is 0 Å². The van der Waals surface area contributed by atoms with Gasteiger partial charge in [0.2, 0.25) is 0 Å². The number of H-pyrrole nitrogens is 1. The van der Waals surface area contributed by atoms with Crippen LogP contribution >= 0.6 is 0 Å². The molecule has 0 aliphatic carbocycles. The van der Waals surface area contributed by atoms with E-state index in [0.29, 0.717) is 6.54 Å². The normalized spacial score (nSPS) is 10.8. The Balaban J connectivity index is 2.53. The molecule has 0 aliphatic heterocycles. The first-order chi connectivity index (χ1) is 11.8. The molecule has 0 atom stereocenters. The van der Waals surface area contributed by atoms with Crippen molar-refractivity contribution in [2.75, 3.05) is 23.7 Å². The highest BCUT2D eigenvalue weighted by molar-refractivity contribution is 5.76. The van der Waals surface area contributed by atoms with Crippen LogP contribution in [0, 0.1) is 5.92 Å². The van der Waals surface area contributed by atoms with Gasteiger partial charge >= 0.3 is 11.7 Å². The third-order valence-electron chi connectivity index (χ3n) is 3.63. The topological polar surface area (TPSA) is 121 Å². The zero-order valence-corrected chi connectivity index (χ0v) is 14.2. The fourth-order valence-electron chi connectivity index (χ4n) is 2.64. The summed E-state index contributed by atoms with van der Waals surface area (Å²) in [6.07, 6.45) is 0. The first-order valence-corrected chi connectivity index (χ1v) is 7.92. The molecular weight excluding hydrogens is 324 g/mol. The molecule has 1 aromatic carbocycles. The number of hydrogen-bond acceptors (Lipinski definition) is 5. The summed E-state index contributed by atoms with van der Waals surface area (Å²) >= 11 is 0. The quantitative estimate of drug-likeness (QED) is 0.679. The Bertz CT molecular complexity index is 855. The summed E-state index contributed by atoms with van der Waals surface area (Å²) in [5, 5.41) is 9.14. The van der Waals surface area contributed by atoms with E-state index in [-0.39, 0.29) is 30.5 Å². The monoisotopic (exact) mass is 346 g/mol. The van der Waals surface area contributed by atoms with Crippen molar-refractivity contribution < 1.29 is 9.90 Å². The van der Waals surface area contributed by atoms with Crippen LogP contribution in [-0.2, 0) is 11.3 Å². The molecule has 134 valence electrons. The summed E-state index contributed by atoms with van der Waals surface area (Å²) in [4.78, 5) is 39.3. The number of aromatic nitrogens is 2. The molecule has 1 aromatic heterocycles. The molecular formula is C17H22N4O4. The predicted octanol–water partition coefficient (Wildman–Crippen LogP) is 0.714. The van der Waals surface area contributed by atoms with E-state index in [0.717, 1.165) is 5.56 Å². The third kappa shape index (κ3) is 4.50. The Hall–Kier alpha value is -3.03. The van der Waals surface area contributed by atoms with Crippen molar-refractivity contribution in [1.82, 2.24) is 9.55 Å². The van der Waals surface area contributed by atoms with Gasteiger partial charge in [-0.3, -0.25) is 19.1 Å². The second-order valence-electron chi connectivity index (χ2n) is 6.23. The highest BCUT2D eigenvalue weighted by Crippen LogP contribution is 2.18. The molecule has 1 heterocycles. The lowest BCUT2D eigenvalue weighted by atomic mass is 10.2. The Morgan fingerprint density at radius 1 is 1.28 bits per heavy atom. The van der Waals surface area contributed by atoms with Crippen molar-refractivity contribution >= 4 is 17.5 Å². The first-order valence-electron chi connectivity index (χ1n) is 7.92. The van der Waals surface area contributed by atoms with Gasteiger partial charge in [0.1, 0.15) is 18.1 Å². The lowest BCUT2D eigenvalue weighted by Crippen LogP contribution is -2.41. The number of aromatic amines is 1. The van der Waals surface area contributed by atoms with Gasteiger partial charge < -0.3 is 15.7 Å². The lowest BCUT2D eigenvalue weighted by Gasteiger charge is -2.26. The maximum Gasteiger partial charge on any atom is 0.330 e. The standard InChI is InChI=1S/C17H22N4O4/c1-11(2)8-20(10-13(22)23)14-15(18)21(17(25)19-16(14)24)9-12-6-4-3-5-7-12/h3-7,11H,8-10,18H2,1-2H3,(H,22,23)(H,19,24,25). The van der Waals surface area contributed by atoms with Gasteiger partial charge in [-0.25, -0.2) is 4.79 Å². The molecule has 0 aliphatic rings. The van der Waals surface area contributed by atoms with Crippen molar-refractivity contribution in [3.05, 3.63) is 56.7 Å². The zero-order valence-electron chi connectivity index (χ0n) is 14.2. The van der Waals surface area contributed by atoms with E-state index in [1.165, 1.54) is 9.47 Å². The third-order valence-corrected chi connectivity index (χ3v) is 3.63. The molecule has 0 saturated heterocycles. The van der Waals surface area contributed by atoms with Crippen molar-refractivity contribution in [3.8, 4) is 0 Å². The number of nitrogens with zero attached hydrogens (tertiary/aromatic N) is 2. The van der Waals surface area contributed by atoms with Crippen molar-refractivity contribution in [3.63, 3.8) is 0 Å². The summed E-state index contributed by atoms with van der Waals surface area (Å²) in [5.74, 6) is -1.02. The molecule has 2 aromatic rings. The van der Waals surface area contributed by atoms with Crippen LogP contribution < -0.4 is 21.9 Å². The van der Waals surface area contributed by atoms with Crippen LogP contribution in [0.1, 0.15) is 19.4 Å². The lowest BCUT2D eigenvalue weighted by molar-refractivity contribution is -0.135. The van der Waals surface area contributed by atoms with E-state index >= 15 is 0 Å². The van der Waals surface area contributed by atoms with Crippen LogP contribution in [0.2, 0.25) is 0 Å².